The lowest BCUT2D eigenvalue weighted by atomic mass is 10.1. The second-order valence-electron chi connectivity index (χ2n) is 5.47. The van der Waals surface area contributed by atoms with E-state index in [0.29, 0.717) is 6.42 Å². The Morgan fingerprint density at radius 2 is 1.87 bits per heavy atom. The Kier molecular flexibility index (Phi) is 5.25. The summed E-state index contributed by atoms with van der Waals surface area (Å²) in [6, 6.07) is 4.43. The van der Waals surface area contributed by atoms with Gasteiger partial charge in [0.05, 0.1) is 17.4 Å². The molecule has 2 amide bonds. The molecule has 1 aliphatic carbocycles. The molecule has 1 aliphatic rings. The number of halogens is 3. The SMILES string of the molecule is O=C(NCC1CCCC1O)C(=O)Nc1ccccc1C(F)(F)F. The predicted molar refractivity (Wildman–Crippen MR) is 76.4 cm³/mol. The fourth-order valence-electron chi connectivity index (χ4n) is 2.58. The second-order valence-corrected chi connectivity index (χ2v) is 5.47. The van der Waals surface area contributed by atoms with E-state index < -0.39 is 35.3 Å². The van der Waals surface area contributed by atoms with E-state index in [4.69, 9.17) is 0 Å². The Bertz CT molecular complexity index is 590. The number of carbonyl (C=O) groups excluding carboxylic acids is 2. The van der Waals surface area contributed by atoms with Crippen molar-refractivity contribution in [1.82, 2.24) is 5.32 Å². The van der Waals surface area contributed by atoms with Gasteiger partial charge in [-0.25, -0.2) is 0 Å². The third-order valence-electron chi connectivity index (χ3n) is 3.83. The van der Waals surface area contributed by atoms with Gasteiger partial charge in [0.1, 0.15) is 0 Å². The molecule has 0 aliphatic heterocycles. The third kappa shape index (κ3) is 4.44. The first-order chi connectivity index (χ1) is 10.8. The zero-order valence-electron chi connectivity index (χ0n) is 12.2. The summed E-state index contributed by atoms with van der Waals surface area (Å²) in [5.74, 6) is -2.33. The Morgan fingerprint density at radius 3 is 2.48 bits per heavy atom. The van der Waals surface area contributed by atoms with Crippen LogP contribution in [0.15, 0.2) is 24.3 Å². The van der Waals surface area contributed by atoms with Crippen LogP contribution in [0.1, 0.15) is 24.8 Å². The monoisotopic (exact) mass is 330 g/mol. The lowest BCUT2D eigenvalue weighted by Gasteiger charge is -2.16. The van der Waals surface area contributed by atoms with Crippen molar-refractivity contribution in [3.8, 4) is 0 Å². The smallest absolute Gasteiger partial charge is 0.393 e. The molecule has 5 nitrogen and oxygen atoms in total. The number of amides is 2. The fourth-order valence-corrected chi connectivity index (χ4v) is 2.58. The number of alkyl halides is 3. The molecule has 126 valence electrons. The highest BCUT2D eigenvalue weighted by Gasteiger charge is 2.34. The number of rotatable bonds is 3. The minimum absolute atomic E-state index is 0.119. The van der Waals surface area contributed by atoms with E-state index in [1.807, 2.05) is 5.32 Å². The number of aliphatic hydroxyl groups is 1. The van der Waals surface area contributed by atoms with E-state index >= 15 is 0 Å². The Balaban J connectivity index is 1.95. The molecule has 0 saturated heterocycles. The van der Waals surface area contributed by atoms with Gasteiger partial charge in [-0.15, -0.1) is 0 Å². The van der Waals surface area contributed by atoms with E-state index in [1.54, 1.807) is 0 Å². The van der Waals surface area contributed by atoms with Crippen LogP contribution >= 0.6 is 0 Å². The molecule has 0 radical (unpaired) electrons. The maximum Gasteiger partial charge on any atom is 0.418 e. The summed E-state index contributed by atoms with van der Waals surface area (Å²) in [5, 5.41) is 13.9. The number of para-hydroxylation sites is 1. The maximum absolute atomic E-state index is 12.8. The van der Waals surface area contributed by atoms with Crippen LogP contribution in [0.5, 0.6) is 0 Å². The van der Waals surface area contributed by atoms with Gasteiger partial charge in [-0.2, -0.15) is 13.2 Å². The minimum atomic E-state index is -4.63. The number of benzene rings is 1. The Labute approximate surface area is 130 Å². The van der Waals surface area contributed by atoms with Gasteiger partial charge < -0.3 is 15.7 Å². The van der Waals surface area contributed by atoms with Crippen LogP contribution in [0.2, 0.25) is 0 Å². The zero-order chi connectivity index (χ0) is 17.0. The molecule has 2 unspecified atom stereocenters. The van der Waals surface area contributed by atoms with Gasteiger partial charge in [-0.05, 0) is 25.0 Å². The predicted octanol–water partition coefficient (Wildman–Crippen LogP) is 1.92. The van der Waals surface area contributed by atoms with Gasteiger partial charge >= 0.3 is 18.0 Å². The molecule has 0 bridgehead atoms. The summed E-state index contributed by atoms with van der Waals surface area (Å²) < 4.78 is 38.4. The molecule has 0 aromatic heterocycles. The average molecular weight is 330 g/mol. The summed E-state index contributed by atoms with van der Waals surface area (Å²) in [6.45, 7) is 0.119. The summed E-state index contributed by atoms with van der Waals surface area (Å²) in [7, 11) is 0. The van der Waals surface area contributed by atoms with Crippen molar-refractivity contribution in [3.63, 3.8) is 0 Å². The summed E-state index contributed by atoms with van der Waals surface area (Å²) in [5.41, 5.74) is -1.49. The molecule has 1 aromatic rings. The molecular weight excluding hydrogens is 313 g/mol. The molecule has 1 saturated carbocycles. The topological polar surface area (TPSA) is 78.4 Å². The quantitative estimate of drug-likeness (QED) is 0.741. The molecule has 0 heterocycles. The lowest BCUT2D eigenvalue weighted by Crippen LogP contribution is -2.39. The van der Waals surface area contributed by atoms with Crippen LogP contribution < -0.4 is 10.6 Å². The lowest BCUT2D eigenvalue weighted by molar-refractivity contribution is -0.138. The van der Waals surface area contributed by atoms with Crippen molar-refractivity contribution in [1.29, 1.82) is 0 Å². The van der Waals surface area contributed by atoms with E-state index in [9.17, 15) is 27.9 Å². The number of anilines is 1. The van der Waals surface area contributed by atoms with Crippen LogP contribution in [0.25, 0.3) is 0 Å². The summed E-state index contributed by atoms with van der Waals surface area (Å²) in [4.78, 5) is 23.4. The number of nitrogens with one attached hydrogen (secondary N) is 2. The first-order valence-electron chi connectivity index (χ1n) is 7.22. The van der Waals surface area contributed by atoms with Crippen LogP contribution in [-0.4, -0.2) is 29.6 Å². The molecule has 1 aromatic carbocycles. The number of carbonyl (C=O) groups is 2. The summed E-state index contributed by atoms with van der Waals surface area (Å²) >= 11 is 0. The van der Waals surface area contributed by atoms with Crippen molar-refractivity contribution >= 4 is 17.5 Å². The van der Waals surface area contributed by atoms with Gasteiger partial charge in [0, 0.05) is 12.5 Å². The highest BCUT2D eigenvalue weighted by atomic mass is 19.4. The minimum Gasteiger partial charge on any atom is -0.393 e. The zero-order valence-corrected chi connectivity index (χ0v) is 12.2. The average Bonchev–Trinajstić information content (AvgIpc) is 2.89. The van der Waals surface area contributed by atoms with Crippen LogP contribution in [0.3, 0.4) is 0 Å². The van der Waals surface area contributed by atoms with E-state index in [2.05, 4.69) is 5.32 Å². The van der Waals surface area contributed by atoms with Gasteiger partial charge in [0.25, 0.3) is 0 Å². The van der Waals surface area contributed by atoms with Crippen LogP contribution in [0.4, 0.5) is 18.9 Å². The third-order valence-corrected chi connectivity index (χ3v) is 3.83. The van der Waals surface area contributed by atoms with Crippen molar-refractivity contribution in [2.45, 2.75) is 31.5 Å². The fraction of sp³-hybridized carbons (Fsp3) is 0.467. The first kappa shape index (κ1) is 17.3. The van der Waals surface area contributed by atoms with Gasteiger partial charge in [-0.1, -0.05) is 18.6 Å². The van der Waals surface area contributed by atoms with Gasteiger partial charge in [0.15, 0.2) is 0 Å². The van der Waals surface area contributed by atoms with Crippen molar-refractivity contribution in [2.75, 3.05) is 11.9 Å². The summed E-state index contributed by atoms with van der Waals surface area (Å²) in [6.07, 6.45) is -2.93. The normalized spacial score (nSPS) is 21.0. The Hall–Kier alpha value is -2.09. The van der Waals surface area contributed by atoms with Gasteiger partial charge in [-0.3, -0.25) is 9.59 Å². The van der Waals surface area contributed by atoms with Gasteiger partial charge in [0.2, 0.25) is 0 Å². The number of aliphatic hydroxyl groups excluding tert-OH is 1. The molecule has 3 N–H and O–H groups in total. The standard InChI is InChI=1S/C15H17F3N2O3/c16-15(17,18)10-5-1-2-6-11(10)20-14(23)13(22)19-8-9-4-3-7-12(9)21/h1-2,5-6,9,12,21H,3-4,7-8H2,(H,19,22)(H,20,23). The van der Waals surface area contributed by atoms with E-state index in [0.717, 1.165) is 25.0 Å². The molecule has 8 heteroatoms. The molecule has 1 fully saturated rings. The van der Waals surface area contributed by atoms with Crippen molar-refractivity contribution in [3.05, 3.63) is 29.8 Å². The Morgan fingerprint density at radius 1 is 1.17 bits per heavy atom. The highest BCUT2D eigenvalue weighted by Crippen LogP contribution is 2.34. The largest absolute Gasteiger partial charge is 0.418 e. The molecule has 23 heavy (non-hydrogen) atoms. The molecule has 0 spiro atoms. The highest BCUT2D eigenvalue weighted by molar-refractivity contribution is 6.39. The van der Waals surface area contributed by atoms with Crippen LogP contribution in [0, 0.1) is 5.92 Å². The van der Waals surface area contributed by atoms with Crippen LogP contribution in [-0.2, 0) is 15.8 Å². The van der Waals surface area contributed by atoms with Crippen molar-refractivity contribution < 1.29 is 27.9 Å². The maximum atomic E-state index is 12.8. The second kappa shape index (κ2) is 6.99. The molecular formula is C15H17F3N2O3. The van der Waals surface area contributed by atoms with Crippen molar-refractivity contribution in [2.24, 2.45) is 5.92 Å². The first-order valence-corrected chi connectivity index (χ1v) is 7.22. The molecule has 2 atom stereocenters. The van der Waals surface area contributed by atoms with E-state index in [-0.39, 0.29) is 12.5 Å². The number of hydrogen-bond acceptors (Lipinski definition) is 3. The van der Waals surface area contributed by atoms with E-state index in [1.165, 1.54) is 12.1 Å². The number of hydrogen-bond donors (Lipinski definition) is 3. The molecule has 2 rings (SSSR count).